The Bertz CT molecular complexity index is 869. The summed E-state index contributed by atoms with van der Waals surface area (Å²) in [6.45, 7) is 3.48. The molecule has 0 radical (unpaired) electrons. The van der Waals surface area contributed by atoms with Crippen LogP contribution in [0.5, 0.6) is 0 Å². The molecule has 0 aliphatic heterocycles. The maximum Gasteiger partial charge on any atom is 0.227 e. The van der Waals surface area contributed by atoms with E-state index in [2.05, 4.69) is 10.3 Å². The SMILES string of the molecule is Cc1coc(-c2cccc(NC(=O)CC(C)(O)c3ccccc3)c2)n1. The van der Waals surface area contributed by atoms with E-state index in [0.29, 0.717) is 17.1 Å². The molecule has 2 aromatic carbocycles. The minimum Gasteiger partial charge on any atom is -0.444 e. The summed E-state index contributed by atoms with van der Waals surface area (Å²) < 4.78 is 5.38. The van der Waals surface area contributed by atoms with Crippen molar-refractivity contribution in [2.75, 3.05) is 5.32 Å². The summed E-state index contributed by atoms with van der Waals surface area (Å²) in [6.07, 6.45) is 1.54. The Morgan fingerprint density at radius 1 is 1.20 bits per heavy atom. The average Bonchev–Trinajstić information content (AvgIpc) is 3.02. The second-order valence-corrected chi connectivity index (χ2v) is 6.24. The van der Waals surface area contributed by atoms with Crippen molar-refractivity contribution in [2.24, 2.45) is 0 Å². The number of aryl methyl sites for hydroxylation is 1. The highest BCUT2D eigenvalue weighted by Crippen LogP contribution is 2.26. The molecule has 2 N–H and O–H groups in total. The molecular formula is C20H20N2O3. The van der Waals surface area contributed by atoms with Crippen LogP contribution < -0.4 is 5.32 Å². The number of aromatic nitrogens is 1. The fraction of sp³-hybridized carbons (Fsp3) is 0.200. The number of anilines is 1. The second kappa shape index (κ2) is 6.91. The van der Waals surface area contributed by atoms with E-state index < -0.39 is 5.60 Å². The number of carbonyl (C=O) groups excluding carboxylic acids is 1. The zero-order valence-corrected chi connectivity index (χ0v) is 14.2. The summed E-state index contributed by atoms with van der Waals surface area (Å²) in [5.41, 5.74) is 1.67. The number of amides is 1. The lowest BCUT2D eigenvalue weighted by Gasteiger charge is -2.23. The van der Waals surface area contributed by atoms with Gasteiger partial charge in [0.2, 0.25) is 11.8 Å². The van der Waals surface area contributed by atoms with Crippen LogP contribution in [0.25, 0.3) is 11.5 Å². The van der Waals surface area contributed by atoms with Crippen molar-refractivity contribution >= 4 is 11.6 Å². The van der Waals surface area contributed by atoms with Crippen molar-refractivity contribution < 1.29 is 14.3 Å². The number of rotatable bonds is 5. The van der Waals surface area contributed by atoms with Crippen molar-refractivity contribution in [1.29, 1.82) is 0 Å². The Balaban J connectivity index is 1.71. The molecule has 1 amide bonds. The molecule has 1 atom stereocenters. The molecular weight excluding hydrogens is 316 g/mol. The molecule has 0 saturated carbocycles. The van der Waals surface area contributed by atoms with Crippen LogP contribution in [0.15, 0.2) is 65.3 Å². The number of nitrogens with one attached hydrogen (secondary N) is 1. The first-order valence-corrected chi connectivity index (χ1v) is 8.04. The predicted molar refractivity (Wildman–Crippen MR) is 95.9 cm³/mol. The summed E-state index contributed by atoms with van der Waals surface area (Å²) >= 11 is 0. The molecule has 1 unspecified atom stereocenters. The fourth-order valence-corrected chi connectivity index (χ4v) is 2.63. The lowest BCUT2D eigenvalue weighted by Crippen LogP contribution is -2.28. The van der Waals surface area contributed by atoms with Gasteiger partial charge < -0.3 is 14.8 Å². The number of hydrogen-bond acceptors (Lipinski definition) is 4. The Labute approximate surface area is 146 Å². The standard InChI is InChI=1S/C20H20N2O3/c1-14-13-25-19(21-14)15-7-6-10-17(11-15)22-18(23)12-20(2,24)16-8-4-3-5-9-16/h3-11,13,24H,12H2,1-2H3,(H,22,23). The van der Waals surface area contributed by atoms with E-state index in [1.165, 1.54) is 0 Å². The molecule has 5 nitrogen and oxygen atoms in total. The van der Waals surface area contributed by atoms with Crippen LogP contribution in [0, 0.1) is 6.92 Å². The van der Waals surface area contributed by atoms with Gasteiger partial charge in [-0.15, -0.1) is 0 Å². The second-order valence-electron chi connectivity index (χ2n) is 6.24. The summed E-state index contributed by atoms with van der Waals surface area (Å²) in [6, 6.07) is 16.4. The monoisotopic (exact) mass is 336 g/mol. The molecule has 0 bridgehead atoms. The van der Waals surface area contributed by atoms with Gasteiger partial charge in [-0.2, -0.15) is 0 Å². The molecule has 0 spiro atoms. The molecule has 0 fully saturated rings. The topological polar surface area (TPSA) is 75.4 Å². The molecule has 5 heteroatoms. The maximum absolute atomic E-state index is 12.3. The molecule has 1 heterocycles. The van der Waals surface area contributed by atoms with Crippen LogP contribution in [0.1, 0.15) is 24.6 Å². The van der Waals surface area contributed by atoms with E-state index in [1.807, 2.05) is 37.3 Å². The third-order valence-electron chi connectivity index (χ3n) is 3.91. The van der Waals surface area contributed by atoms with E-state index >= 15 is 0 Å². The van der Waals surface area contributed by atoms with Crippen LogP contribution in [0.3, 0.4) is 0 Å². The molecule has 128 valence electrons. The summed E-state index contributed by atoms with van der Waals surface area (Å²) in [4.78, 5) is 16.6. The predicted octanol–water partition coefficient (Wildman–Crippen LogP) is 3.89. The number of oxazole rings is 1. The van der Waals surface area contributed by atoms with Crippen molar-refractivity contribution in [3.05, 3.63) is 72.1 Å². The van der Waals surface area contributed by atoms with Gasteiger partial charge in [0.25, 0.3) is 0 Å². The zero-order valence-electron chi connectivity index (χ0n) is 14.2. The van der Waals surface area contributed by atoms with Gasteiger partial charge in [0.05, 0.1) is 17.7 Å². The van der Waals surface area contributed by atoms with Gasteiger partial charge in [0.1, 0.15) is 6.26 Å². The van der Waals surface area contributed by atoms with Crippen molar-refractivity contribution in [2.45, 2.75) is 25.9 Å². The number of benzene rings is 2. The van der Waals surface area contributed by atoms with Crippen molar-refractivity contribution in [3.63, 3.8) is 0 Å². The van der Waals surface area contributed by atoms with Gasteiger partial charge in [0.15, 0.2) is 0 Å². The highest BCUT2D eigenvalue weighted by Gasteiger charge is 2.26. The first kappa shape index (κ1) is 16.9. The van der Waals surface area contributed by atoms with E-state index in [-0.39, 0.29) is 12.3 Å². The molecule has 0 saturated heterocycles. The largest absolute Gasteiger partial charge is 0.444 e. The normalized spacial score (nSPS) is 13.2. The highest BCUT2D eigenvalue weighted by atomic mass is 16.3. The number of carbonyl (C=O) groups is 1. The van der Waals surface area contributed by atoms with Gasteiger partial charge in [-0.3, -0.25) is 4.79 Å². The quantitative estimate of drug-likeness (QED) is 0.741. The minimum atomic E-state index is -1.23. The Hall–Kier alpha value is -2.92. The lowest BCUT2D eigenvalue weighted by molar-refractivity contribution is -0.120. The number of hydrogen-bond donors (Lipinski definition) is 2. The highest BCUT2D eigenvalue weighted by molar-refractivity contribution is 5.92. The third-order valence-corrected chi connectivity index (χ3v) is 3.91. The smallest absolute Gasteiger partial charge is 0.227 e. The summed E-state index contributed by atoms with van der Waals surface area (Å²) in [5.74, 6) is 0.236. The van der Waals surface area contributed by atoms with Crippen LogP contribution in [0.4, 0.5) is 5.69 Å². The van der Waals surface area contributed by atoms with Crippen LogP contribution in [-0.4, -0.2) is 16.0 Å². The van der Waals surface area contributed by atoms with Crippen LogP contribution in [-0.2, 0) is 10.4 Å². The van der Waals surface area contributed by atoms with Gasteiger partial charge in [-0.25, -0.2) is 4.98 Å². The Morgan fingerprint density at radius 2 is 1.96 bits per heavy atom. The zero-order chi connectivity index (χ0) is 17.9. The van der Waals surface area contributed by atoms with Crippen LogP contribution in [0.2, 0.25) is 0 Å². The maximum atomic E-state index is 12.3. The minimum absolute atomic E-state index is 0.0423. The van der Waals surface area contributed by atoms with Crippen molar-refractivity contribution in [3.8, 4) is 11.5 Å². The third kappa shape index (κ3) is 4.14. The van der Waals surface area contributed by atoms with E-state index in [9.17, 15) is 9.90 Å². The first-order chi connectivity index (χ1) is 11.9. The van der Waals surface area contributed by atoms with Crippen molar-refractivity contribution in [1.82, 2.24) is 4.98 Å². The number of aliphatic hydroxyl groups is 1. The average molecular weight is 336 g/mol. The molecule has 0 aliphatic carbocycles. The van der Waals surface area contributed by atoms with Gasteiger partial charge in [-0.05, 0) is 37.6 Å². The van der Waals surface area contributed by atoms with E-state index in [0.717, 1.165) is 11.3 Å². The Kier molecular flexibility index (Phi) is 4.67. The molecule has 0 aliphatic rings. The van der Waals surface area contributed by atoms with Gasteiger partial charge in [0, 0.05) is 11.3 Å². The van der Waals surface area contributed by atoms with E-state index in [4.69, 9.17) is 4.42 Å². The van der Waals surface area contributed by atoms with Crippen LogP contribution >= 0.6 is 0 Å². The molecule has 3 aromatic rings. The number of nitrogens with zero attached hydrogens (tertiary/aromatic N) is 1. The molecule has 3 rings (SSSR count). The fourth-order valence-electron chi connectivity index (χ4n) is 2.63. The Morgan fingerprint density at radius 3 is 2.64 bits per heavy atom. The molecule has 1 aromatic heterocycles. The van der Waals surface area contributed by atoms with Gasteiger partial charge in [-0.1, -0.05) is 36.4 Å². The lowest BCUT2D eigenvalue weighted by atomic mass is 9.92. The molecule has 25 heavy (non-hydrogen) atoms. The first-order valence-electron chi connectivity index (χ1n) is 8.04. The summed E-state index contributed by atoms with van der Waals surface area (Å²) in [5, 5.41) is 13.4. The van der Waals surface area contributed by atoms with E-state index in [1.54, 1.807) is 37.5 Å². The van der Waals surface area contributed by atoms with Gasteiger partial charge >= 0.3 is 0 Å². The summed E-state index contributed by atoms with van der Waals surface area (Å²) in [7, 11) is 0.